The SMILES string of the molecule is C=CCNCCc1cc(C(F)(F)F)nc2c(C(F)(F)F)cccc12. The van der Waals surface area contributed by atoms with Crippen LogP contribution in [0.1, 0.15) is 16.8 Å². The van der Waals surface area contributed by atoms with E-state index in [1.165, 1.54) is 12.1 Å². The van der Waals surface area contributed by atoms with E-state index < -0.39 is 29.1 Å². The molecule has 0 atom stereocenters. The number of hydrogen-bond acceptors (Lipinski definition) is 2. The Morgan fingerprint density at radius 2 is 1.79 bits per heavy atom. The first-order chi connectivity index (χ1) is 11.1. The van der Waals surface area contributed by atoms with E-state index in [1.807, 2.05) is 0 Å². The summed E-state index contributed by atoms with van der Waals surface area (Å²) in [4.78, 5) is 3.24. The first-order valence-corrected chi connectivity index (χ1v) is 7.03. The van der Waals surface area contributed by atoms with Crippen LogP contribution >= 0.6 is 0 Å². The van der Waals surface area contributed by atoms with E-state index in [9.17, 15) is 26.3 Å². The topological polar surface area (TPSA) is 24.9 Å². The number of nitrogens with one attached hydrogen (secondary N) is 1. The summed E-state index contributed by atoms with van der Waals surface area (Å²) in [5.74, 6) is 0. The molecule has 2 nitrogen and oxygen atoms in total. The summed E-state index contributed by atoms with van der Waals surface area (Å²) in [6.45, 7) is 4.25. The van der Waals surface area contributed by atoms with Crippen LogP contribution in [0.3, 0.4) is 0 Å². The van der Waals surface area contributed by atoms with E-state index in [1.54, 1.807) is 6.08 Å². The van der Waals surface area contributed by atoms with Crippen molar-refractivity contribution in [3.63, 3.8) is 0 Å². The molecule has 0 aliphatic rings. The Morgan fingerprint density at radius 1 is 1.08 bits per heavy atom. The van der Waals surface area contributed by atoms with E-state index in [0.717, 1.165) is 12.1 Å². The average molecular weight is 348 g/mol. The number of fused-ring (bicyclic) bond motifs is 1. The minimum absolute atomic E-state index is 0.0678. The largest absolute Gasteiger partial charge is 0.433 e. The summed E-state index contributed by atoms with van der Waals surface area (Å²) in [6, 6.07) is 4.05. The average Bonchev–Trinajstić information content (AvgIpc) is 2.48. The summed E-state index contributed by atoms with van der Waals surface area (Å²) >= 11 is 0. The number of hydrogen-bond donors (Lipinski definition) is 1. The standard InChI is InChI=1S/C16H14F6N2/c1-2-7-23-8-6-10-9-13(16(20,21)22)24-14-11(10)4-3-5-12(14)15(17,18)19/h2-5,9,23H,1,6-8H2. The highest BCUT2D eigenvalue weighted by atomic mass is 19.4. The molecule has 1 aromatic heterocycles. The second-order valence-electron chi connectivity index (χ2n) is 5.11. The summed E-state index contributed by atoms with van der Waals surface area (Å²) in [5.41, 5.74) is -3.02. The van der Waals surface area contributed by atoms with E-state index in [2.05, 4.69) is 16.9 Å². The van der Waals surface area contributed by atoms with Crippen LogP contribution in [0.2, 0.25) is 0 Å². The number of rotatable bonds is 5. The van der Waals surface area contributed by atoms with Crippen molar-refractivity contribution in [2.75, 3.05) is 13.1 Å². The molecule has 2 aromatic rings. The molecule has 0 bridgehead atoms. The molecule has 24 heavy (non-hydrogen) atoms. The molecule has 0 aliphatic carbocycles. The smallest absolute Gasteiger partial charge is 0.313 e. The van der Waals surface area contributed by atoms with Gasteiger partial charge in [-0.05, 0) is 30.7 Å². The Labute approximate surface area is 134 Å². The molecule has 1 N–H and O–H groups in total. The second kappa shape index (κ2) is 6.80. The van der Waals surface area contributed by atoms with Crippen molar-refractivity contribution in [2.24, 2.45) is 0 Å². The molecule has 1 heterocycles. The van der Waals surface area contributed by atoms with Crippen LogP contribution in [-0.4, -0.2) is 18.1 Å². The van der Waals surface area contributed by atoms with Crippen molar-refractivity contribution in [1.29, 1.82) is 0 Å². The van der Waals surface area contributed by atoms with Crippen molar-refractivity contribution < 1.29 is 26.3 Å². The predicted octanol–water partition coefficient (Wildman–Crippen LogP) is 4.59. The zero-order valence-electron chi connectivity index (χ0n) is 12.4. The van der Waals surface area contributed by atoms with Crippen LogP contribution in [0, 0.1) is 0 Å². The molecule has 0 saturated carbocycles. The van der Waals surface area contributed by atoms with Crippen LogP contribution < -0.4 is 5.32 Å². The van der Waals surface area contributed by atoms with E-state index in [0.29, 0.717) is 13.1 Å². The monoisotopic (exact) mass is 348 g/mol. The van der Waals surface area contributed by atoms with Gasteiger partial charge in [0.25, 0.3) is 0 Å². The highest BCUT2D eigenvalue weighted by molar-refractivity contribution is 5.86. The normalized spacial score (nSPS) is 12.6. The van der Waals surface area contributed by atoms with Gasteiger partial charge in [-0.25, -0.2) is 4.98 Å². The van der Waals surface area contributed by atoms with Gasteiger partial charge >= 0.3 is 12.4 Å². The number of aromatic nitrogens is 1. The van der Waals surface area contributed by atoms with E-state index in [-0.39, 0.29) is 17.4 Å². The number of benzene rings is 1. The van der Waals surface area contributed by atoms with Gasteiger partial charge in [0.05, 0.1) is 11.1 Å². The number of halogens is 6. The third-order valence-corrected chi connectivity index (χ3v) is 3.38. The molecule has 0 radical (unpaired) electrons. The molecule has 1 aromatic carbocycles. The third-order valence-electron chi connectivity index (χ3n) is 3.38. The van der Waals surface area contributed by atoms with Crippen molar-refractivity contribution in [3.05, 3.63) is 53.7 Å². The van der Waals surface area contributed by atoms with Gasteiger partial charge in [-0.2, -0.15) is 26.3 Å². The van der Waals surface area contributed by atoms with Crippen LogP contribution in [0.4, 0.5) is 26.3 Å². The Bertz CT molecular complexity index is 734. The first kappa shape index (κ1) is 18.3. The zero-order valence-corrected chi connectivity index (χ0v) is 12.4. The van der Waals surface area contributed by atoms with Crippen LogP contribution in [0.25, 0.3) is 10.9 Å². The summed E-state index contributed by atoms with van der Waals surface area (Å²) < 4.78 is 78.2. The van der Waals surface area contributed by atoms with Crippen molar-refractivity contribution in [2.45, 2.75) is 18.8 Å². The summed E-state index contributed by atoms with van der Waals surface area (Å²) in [6.07, 6.45) is -7.89. The molecule has 0 unspecified atom stereocenters. The Balaban J connectivity index is 2.60. The van der Waals surface area contributed by atoms with Crippen LogP contribution in [0.5, 0.6) is 0 Å². The van der Waals surface area contributed by atoms with Gasteiger partial charge in [0.15, 0.2) is 0 Å². The number of alkyl halides is 6. The fourth-order valence-electron chi connectivity index (χ4n) is 2.33. The Morgan fingerprint density at radius 3 is 2.38 bits per heavy atom. The van der Waals surface area contributed by atoms with Gasteiger partial charge in [0, 0.05) is 11.9 Å². The number of pyridine rings is 1. The fraction of sp³-hybridized carbons (Fsp3) is 0.312. The highest BCUT2D eigenvalue weighted by Gasteiger charge is 2.37. The second-order valence-corrected chi connectivity index (χ2v) is 5.11. The van der Waals surface area contributed by atoms with Crippen LogP contribution in [-0.2, 0) is 18.8 Å². The van der Waals surface area contributed by atoms with Gasteiger partial charge in [-0.1, -0.05) is 18.2 Å². The zero-order chi connectivity index (χ0) is 18.0. The molecule has 0 amide bonds. The lowest BCUT2D eigenvalue weighted by atomic mass is 10.0. The molecular weight excluding hydrogens is 334 g/mol. The van der Waals surface area contributed by atoms with Crippen molar-refractivity contribution >= 4 is 10.9 Å². The summed E-state index contributed by atoms with van der Waals surface area (Å²) in [5, 5.41) is 2.98. The molecule has 130 valence electrons. The quantitative estimate of drug-likeness (QED) is 0.486. The van der Waals surface area contributed by atoms with E-state index in [4.69, 9.17) is 0 Å². The van der Waals surface area contributed by atoms with Crippen LogP contribution in [0.15, 0.2) is 36.9 Å². The molecular formula is C16H14F6N2. The Hall–Kier alpha value is -2.09. The van der Waals surface area contributed by atoms with Gasteiger partial charge < -0.3 is 5.32 Å². The van der Waals surface area contributed by atoms with Gasteiger partial charge in [0.2, 0.25) is 0 Å². The third kappa shape index (κ3) is 4.05. The van der Waals surface area contributed by atoms with Crippen molar-refractivity contribution in [3.8, 4) is 0 Å². The lowest BCUT2D eigenvalue weighted by Crippen LogP contribution is -2.18. The van der Waals surface area contributed by atoms with Gasteiger partial charge in [-0.3, -0.25) is 0 Å². The van der Waals surface area contributed by atoms with Gasteiger partial charge in [0.1, 0.15) is 5.69 Å². The maximum absolute atomic E-state index is 13.1. The lowest BCUT2D eigenvalue weighted by Gasteiger charge is -2.15. The van der Waals surface area contributed by atoms with E-state index >= 15 is 0 Å². The molecule has 0 aliphatic heterocycles. The minimum Gasteiger partial charge on any atom is -0.313 e. The molecule has 0 spiro atoms. The Kier molecular flexibility index (Phi) is 5.17. The molecule has 8 heteroatoms. The maximum Gasteiger partial charge on any atom is 0.433 e. The minimum atomic E-state index is -4.82. The molecule has 0 saturated heterocycles. The lowest BCUT2D eigenvalue weighted by molar-refractivity contribution is -0.142. The van der Waals surface area contributed by atoms with Gasteiger partial charge in [-0.15, -0.1) is 6.58 Å². The molecule has 0 fully saturated rings. The first-order valence-electron chi connectivity index (χ1n) is 7.03. The predicted molar refractivity (Wildman–Crippen MR) is 78.5 cm³/mol. The maximum atomic E-state index is 13.1. The summed E-state index contributed by atoms with van der Waals surface area (Å²) in [7, 11) is 0. The number of nitrogens with zero attached hydrogens (tertiary/aromatic N) is 1. The highest BCUT2D eigenvalue weighted by Crippen LogP contribution is 2.37. The van der Waals surface area contributed by atoms with Crippen molar-refractivity contribution in [1.82, 2.24) is 10.3 Å². The number of para-hydroxylation sites is 1. The fourth-order valence-corrected chi connectivity index (χ4v) is 2.33. The molecule has 2 rings (SSSR count).